The summed E-state index contributed by atoms with van der Waals surface area (Å²) in [4.78, 5) is 19.6. The highest BCUT2D eigenvalue weighted by molar-refractivity contribution is 5.86. The van der Waals surface area contributed by atoms with Gasteiger partial charge >= 0.3 is 5.97 Å². The number of carbonyl (C=O) groups is 1. The first-order valence-corrected chi connectivity index (χ1v) is 3.83. The number of hydroxylamine groups is 1. The summed E-state index contributed by atoms with van der Waals surface area (Å²) in [5.41, 5.74) is 2.64. The molecule has 0 aliphatic heterocycles. The molecule has 1 heterocycles. The molecule has 13 heavy (non-hydrogen) atoms. The zero-order chi connectivity index (χ0) is 9.52. The second-order valence-corrected chi connectivity index (χ2v) is 2.22. The average Bonchev–Trinajstić information content (AvgIpc) is 2.19. The molecule has 0 amide bonds. The summed E-state index contributed by atoms with van der Waals surface area (Å²) in [6, 6.07) is 5.04. The van der Waals surface area contributed by atoms with Crippen LogP contribution < -0.4 is 5.48 Å². The van der Waals surface area contributed by atoms with Gasteiger partial charge in [-0.1, -0.05) is 12.1 Å². The van der Waals surface area contributed by atoms with E-state index in [1.165, 1.54) is 12.4 Å². The number of nitrogens with zero attached hydrogens (tertiary/aromatic N) is 1. The smallest absolute Gasteiger partial charge is 0.337 e. The SMILES string of the molecule is CC=CNOC(=O)c1ccccn1. The van der Waals surface area contributed by atoms with Gasteiger partial charge in [0.25, 0.3) is 0 Å². The number of carbonyl (C=O) groups excluding carboxylic acids is 1. The number of nitrogens with one attached hydrogen (secondary N) is 1. The normalized spacial score (nSPS) is 9.92. The Morgan fingerprint density at radius 2 is 2.46 bits per heavy atom. The van der Waals surface area contributed by atoms with Crippen molar-refractivity contribution < 1.29 is 9.63 Å². The van der Waals surface area contributed by atoms with Crippen molar-refractivity contribution in [2.75, 3.05) is 0 Å². The van der Waals surface area contributed by atoms with Crippen LogP contribution in [0.25, 0.3) is 0 Å². The number of hydrogen-bond donors (Lipinski definition) is 1. The zero-order valence-corrected chi connectivity index (χ0v) is 7.23. The van der Waals surface area contributed by atoms with Gasteiger partial charge in [-0.2, -0.15) is 0 Å². The van der Waals surface area contributed by atoms with Gasteiger partial charge in [0.05, 0.1) is 0 Å². The van der Waals surface area contributed by atoms with Gasteiger partial charge < -0.3 is 4.84 Å². The van der Waals surface area contributed by atoms with Gasteiger partial charge in [0.15, 0.2) is 5.69 Å². The van der Waals surface area contributed by atoms with Crippen LogP contribution in [0.4, 0.5) is 0 Å². The van der Waals surface area contributed by atoms with Crippen LogP contribution >= 0.6 is 0 Å². The quantitative estimate of drug-likeness (QED) is 0.708. The van der Waals surface area contributed by atoms with E-state index in [0.717, 1.165) is 0 Å². The topological polar surface area (TPSA) is 51.2 Å². The van der Waals surface area contributed by atoms with Gasteiger partial charge in [-0.3, -0.25) is 0 Å². The second kappa shape index (κ2) is 4.92. The molecule has 0 aliphatic rings. The van der Waals surface area contributed by atoms with Gasteiger partial charge in [0, 0.05) is 12.4 Å². The Kier molecular flexibility index (Phi) is 3.50. The van der Waals surface area contributed by atoms with Gasteiger partial charge in [-0.05, 0) is 19.1 Å². The minimum atomic E-state index is -0.501. The van der Waals surface area contributed by atoms with Crippen LogP contribution in [0.1, 0.15) is 17.4 Å². The summed E-state index contributed by atoms with van der Waals surface area (Å²) in [5, 5.41) is 0. The molecule has 1 rings (SSSR count). The summed E-state index contributed by atoms with van der Waals surface area (Å²) in [7, 11) is 0. The summed E-state index contributed by atoms with van der Waals surface area (Å²) < 4.78 is 0. The molecular formula is C9H10N2O2. The Balaban J connectivity index is 2.49. The van der Waals surface area contributed by atoms with E-state index in [9.17, 15) is 4.79 Å². The van der Waals surface area contributed by atoms with Gasteiger partial charge in [0.1, 0.15) is 0 Å². The lowest BCUT2D eigenvalue weighted by Gasteiger charge is -2.00. The first-order chi connectivity index (χ1) is 6.34. The lowest BCUT2D eigenvalue weighted by Crippen LogP contribution is -2.15. The van der Waals surface area contributed by atoms with Crippen molar-refractivity contribution in [2.24, 2.45) is 0 Å². The van der Waals surface area contributed by atoms with Gasteiger partial charge in [-0.15, -0.1) is 0 Å². The van der Waals surface area contributed by atoms with Crippen molar-refractivity contribution in [1.29, 1.82) is 0 Å². The summed E-state index contributed by atoms with van der Waals surface area (Å²) in [6.07, 6.45) is 4.76. The Morgan fingerprint density at radius 3 is 3.08 bits per heavy atom. The van der Waals surface area contributed by atoms with E-state index in [2.05, 4.69) is 15.3 Å². The maximum atomic E-state index is 11.1. The highest BCUT2D eigenvalue weighted by Crippen LogP contribution is 1.94. The van der Waals surface area contributed by atoms with E-state index in [1.54, 1.807) is 24.3 Å². The van der Waals surface area contributed by atoms with E-state index in [0.29, 0.717) is 0 Å². The zero-order valence-electron chi connectivity index (χ0n) is 7.23. The number of hydrogen-bond acceptors (Lipinski definition) is 4. The Morgan fingerprint density at radius 1 is 1.62 bits per heavy atom. The van der Waals surface area contributed by atoms with Crippen LogP contribution in [0.5, 0.6) is 0 Å². The maximum absolute atomic E-state index is 11.1. The maximum Gasteiger partial charge on any atom is 0.381 e. The van der Waals surface area contributed by atoms with Crippen molar-refractivity contribution in [1.82, 2.24) is 10.5 Å². The lowest BCUT2D eigenvalue weighted by atomic mass is 10.4. The molecule has 0 radical (unpaired) electrons. The molecule has 0 spiro atoms. The molecule has 68 valence electrons. The lowest BCUT2D eigenvalue weighted by molar-refractivity contribution is 0.0342. The molecule has 0 unspecified atom stereocenters. The molecular weight excluding hydrogens is 168 g/mol. The highest BCUT2D eigenvalue weighted by Gasteiger charge is 2.05. The van der Waals surface area contributed by atoms with Gasteiger partial charge in [-0.25, -0.2) is 15.3 Å². The third-order valence-corrected chi connectivity index (χ3v) is 1.26. The number of allylic oxidation sites excluding steroid dienone is 1. The number of rotatable bonds is 3. The molecule has 1 aromatic rings. The van der Waals surface area contributed by atoms with E-state index in [-0.39, 0.29) is 5.69 Å². The van der Waals surface area contributed by atoms with Crippen molar-refractivity contribution in [2.45, 2.75) is 6.92 Å². The fraction of sp³-hybridized carbons (Fsp3) is 0.111. The van der Waals surface area contributed by atoms with E-state index in [4.69, 9.17) is 0 Å². The highest BCUT2D eigenvalue weighted by atomic mass is 16.7. The van der Waals surface area contributed by atoms with Gasteiger partial charge in [0.2, 0.25) is 0 Å². The molecule has 0 bridgehead atoms. The Labute approximate surface area is 76.2 Å². The average molecular weight is 178 g/mol. The molecule has 1 aromatic heterocycles. The number of pyridine rings is 1. The predicted molar refractivity (Wildman–Crippen MR) is 47.6 cm³/mol. The Hall–Kier alpha value is -1.84. The summed E-state index contributed by atoms with van der Waals surface area (Å²) >= 11 is 0. The van der Waals surface area contributed by atoms with E-state index in [1.807, 2.05) is 6.92 Å². The third-order valence-electron chi connectivity index (χ3n) is 1.26. The fourth-order valence-electron chi connectivity index (χ4n) is 0.691. The summed E-state index contributed by atoms with van der Waals surface area (Å²) in [5.74, 6) is -0.501. The molecule has 4 nitrogen and oxygen atoms in total. The molecule has 0 saturated heterocycles. The van der Waals surface area contributed by atoms with Crippen LogP contribution in [-0.4, -0.2) is 11.0 Å². The molecule has 0 aliphatic carbocycles. The van der Waals surface area contributed by atoms with Crippen molar-refractivity contribution >= 4 is 5.97 Å². The third kappa shape index (κ3) is 2.94. The molecule has 0 saturated carbocycles. The monoisotopic (exact) mass is 178 g/mol. The van der Waals surface area contributed by atoms with E-state index >= 15 is 0 Å². The van der Waals surface area contributed by atoms with Crippen molar-refractivity contribution in [3.63, 3.8) is 0 Å². The minimum absolute atomic E-state index is 0.277. The van der Waals surface area contributed by atoms with Crippen LogP contribution in [0.2, 0.25) is 0 Å². The van der Waals surface area contributed by atoms with Crippen molar-refractivity contribution in [3.05, 3.63) is 42.4 Å². The van der Waals surface area contributed by atoms with Crippen LogP contribution in [-0.2, 0) is 4.84 Å². The molecule has 0 fully saturated rings. The summed E-state index contributed by atoms with van der Waals surface area (Å²) in [6.45, 7) is 1.81. The first-order valence-electron chi connectivity index (χ1n) is 3.83. The first kappa shape index (κ1) is 9.25. The molecule has 0 aromatic carbocycles. The molecule has 4 heteroatoms. The van der Waals surface area contributed by atoms with E-state index < -0.39 is 5.97 Å². The minimum Gasteiger partial charge on any atom is -0.337 e. The molecule has 1 N–H and O–H groups in total. The van der Waals surface area contributed by atoms with Crippen LogP contribution in [0.15, 0.2) is 36.7 Å². The molecule has 0 atom stereocenters. The van der Waals surface area contributed by atoms with Crippen LogP contribution in [0.3, 0.4) is 0 Å². The predicted octanol–water partition coefficient (Wildman–Crippen LogP) is 1.28. The van der Waals surface area contributed by atoms with Crippen molar-refractivity contribution in [3.8, 4) is 0 Å². The largest absolute Gasteiger partial charge is 0.381 e. The fourth-order valence-corrected chi connectivity index (χ4v) is 0.691. The van der Waals surface area contributed by atoms with Crippen LogP contribution in [0, 0.1) is 0 Å². The second-order valence-electron chi connectivity index (χ2n) is 2.22. The Bertz CT molecular complexity index is 296. The standard InChI is InChI=1S/C9H10N2O2/c1-2-6-11-13-9(12)8-5-3-4-7-10-8/h2-7,11H,1H3. The number of aromatic nitrogens is 1.